The minimum absolute atomic E-state index is 0.0317. The molecule has 2 amide bonds. The number of hydrogen-bond acceptors (Lipinski definition) is 3. The van der Waals surface area contributed by atoms with Gasteiger partial charge in [0.25, 0.3) is 0 Å². The van der Waals surface area contributed by atoms with Gasteiger partial charge in [-0.2, -0.15) is 0 Å². The first kappa shape index (κ1) is 13.5. The second-order valence-electron chi connectivity index (χ2n) is 4.81. The number of thioether (sulfide) groups is 1. The van der Waals surface area contributed by atoms with Crippen molar-refractivity contribution in [3.05, 3.63) is 0 Å². The molecular formula is C12H20N2O3S. The number of hydrogen-bond donors (Lipinski definition) is 1. The summed E-state index contributed by atoms with van der Waals surface area (Å²) in [5, 5.41) is 9.27. The van der Waals surface area contributed by atoms with Crippen LogP contribution >= 0.6 is 11.8 Å². The van der Waals surface area contributed by atoms with E-state index in [2.05, 4.69) is 6.92 Å². The van der Waals surface area contributed by atoms with Crippen molar-refractivity contribution in [3.8, 4) is 0 Å². The van der Waals surface area contributed by atoms with Gasteiger partial charge in [-0.3, -0.25) is 4.90 Å². The lowest BCUT2D eigenvalue weighted by molar-refractivity contribution is -0.141. The van der Waals surface area contributed by atoms with Gasteiger partial charge in [0.2, 0.25) is 0 Å². The molecule has 2 unspecified atom stereocenters. The summed E-state index contributed by atoms with van der Waals surface area (Å²) in [6.07, 6.45) is 3.90. The quantitative estimate of drug-likeness (QED) is 0.851. The second kappa shape index (κ2) is 5.82. The van der Waals surface area contributed by atoms with Crippen molar-refractivity contribution < 1.29 is 14.7 Å². The molecule has 0 saturated carbocycles. The molecule has 0 aliphatic carbocycles. The van der Waals surface area contributed by atoms with Crippen LogP contribution in [-0.4, -0.2) is 57.2 Å². The van der Waals surface area contributed by atoms with Crippen molar-refractivity contribution in [1.82, 2.24) is 9.80 Å². The zero-order valence-corrected chi connectivity index (χ0v) is 11.5. The van der Waals surface area contributed by atoms with Crippen molar-refractivity contribution in [2.75, 3.05) is 18.8 Å². The molecule has 6 heteroatoms. The zero-order chi connectivity index (χ0) is 13.1. The van der Waals surface area contributed by atoms with Gasteiger partial charge in [-0.05, 0) is 19.3 Å². The van der Waals surface area contributed by atoms with Crippen molar-refractivity contribution in [2.45, 2.75) is 44.0 Å². The van der Waals surface area contributed by atoms with Crippen molar-refractivity contribution in [3.63, 3.8) is 0 Å². The Morgan fingerprint density at radius 1 is 1.33 bits per heavy atom. The maximum atomic E-state index is 12.4. The van der Waals surface area contributed by atoms with Gasteiger partial charge in [0.05, 0.1) is 5.37 Å². The number of urea groups is 1. The number of carboxylic acids is 1. The molecule has 0 spiro atoms. The number of amides is 2. The maximum Gasteiger partial charge on any atom is 0.327 e. The van der Waals surface area contributed by atoms with Crippen LogP contribution in [0.25, 0.3) is 0 Å². The van der Waals surface area contributed by atoms with Crippen LogP contribution in [0.3, 0.4) is 0 Å². The first-order valence-corrected chi connectivity index (χ1v) is 7.61. The smallest absolute Gasteiger partial charge is 0.327 e. The zero-order valence-electron chi connectivity index (χ0n) is 10.7. The Bertz CT molecular complexity index is 331. The van der Waals surface area contributed by atoms with Crippen LogP contribution in [0.4, 0.5) is 4.79 Å². The minimum atomic E-state index is -0.881. The van der Waals surface area contributed by atoms with Crippen molar-refractivity contribution in [2.24, 2.45) is 0 Å². The van der Waals surface area contributed by atoms with Crippen LogP contribution in [0.1, 0.15) is 32.6 Å². The van der Waals surface area contributed by atoms with Gasteiger partial charge < -0.3 is 10.0 Å². The molecule has 2 aliphatic heterocycles. The van der Waals surface area contributed by atoms with Crippen molar-refractivity contribution >= 4 is 23.8 Å². The van der Waals surface area contributed by atoms with E-state index in [9.17, 15) is 14.7 Å². The predicted molar refractivity (Wildman–Crippen MR) is 70.6 cm³/mol. The van der Waals surface area contributed by atoms with Gasteiger partial charge >= 0.3 is 12.0 Å². The number of carbonyl (C=O) groups is 2. The summed E-state index contributed by atoms with van der Waals surface area (Å²) in [6.45, 7) is 3.60. The first-order chi connectivity index (χ1) is 8.65. The number of carbonyl (C=O) groups excluding carboxylic acids is 1. The van der Waals surface area contributed by atoms with Gasteiger partial charge in [0.1, 0.15) is 6.04 Å². The minimum Gasteiger partial charge on any atom is -0.480 e. The molecule has 2 atom stereocenters. The SMILES string of the molecule is CCCC1SCC(C(=O)O)N1C(=O)N1CCCC1. The van der Waals surface area contributed by atoms with Crippen LogP contribution in [-0.2, 0) is 4.79 Å². The highest BCUT2D eigenvalue weighted by Crippen LogP contribution is 2.33. The standard InChI is InChI=1S/C12H20N2O3S/c1-2-5-10-14(9(8-18-10)11(15)16)12(17)13-6-3-4-7-13/h9-10H,2-8H2,1H3,(H,15,16). The number of aliphatic carboxylic acids is 1. The Hall–Kier alpha value is -0.910. The highest BCUT2D eigenvalue weighted by Gasteiger charge is 2.43. The average Bonchev–Trinajstić information content (AvgIpc) is 2.97. The molecule has 2 heterocycles. The Labute approximate surface area is 112 Å². The molecule has 0 aromatic heterocycles. The van der Waals surface area contributed by atoms with E-state index in [1.54, 1.807) is 21.6 Å². The molecule has 0 radical (unpaired) electrons. The number of carboxylic acid groups (broad SMARTS) is 1. The van der Waals surface area contributed by atoms with Crippen LogP contribution in [0, 0.1) is 0 Å². The molecule has 0 bridgehead atoms. The van der Waals surface area contributed by atoms with E-state index in [4.69, 9.17) is 0 Å². The third-order valence-electron chi connectivity index (χ3n) is 3.51. The van der Waals surface area contributed by atoms with E-state index in [1.165, 1.54) is 0 Å². The van der Waals surface area contributed by atoms with Crippen LogP contribution < -0.4 is 0 Å². The lowest BCUT2D eigenvalue weighted by atomic mass is 10.2. The van der Waals surface area contributed by atoms with E-state index in [0.717, 1.165) is 38.8 Å². The molecule has 2 saturated heterocycles. The molecule has 1 N–H and O–H groups in total. The summed E-state index contributed by atoms with van der Waals surface area (Å²) in [4.78, 5) is 27.1. The average molecular weight is 272 g/mol. The lowest BCUT2D eigenvalue weighted by Gasteiger charge is -2.31. The fraction of sp³-hybridized carbons (Fsp3) is 0.833. The fourth-order valence-corrected chi connectivity index (χ4v) is 4.06. The van der Waals surface area contributed by atoms with Gasteiger partial charge in [-0.15, -0.1) is 11.8 Å². The van der Waals surface area contributed by atoms with E-state index in [0.29, 0.717) is 5.75 Å². The fourth-order valence-electron chi connectivity index (χ4n) is 2.55. The summed E-state index contributed by atoms with van der Waals surface area (Å²) in [6, 6.07) is -0.733. The van der Waals surface area contributed by atoms with E-state index in [-0.39, 0.29) is 11.4 Å². The van der Waals surface area contributed by atoms with Crippen molar-refractivity contribution in [1.29, 1.82) is 0 Å². The molecular weight excluding hydrogens is 252 g/mol. The lowest BCUT2D eigenvalue weighted by Crippen LogP contribution is -2.50. The van der Waals surface area contributed by atoms with Gasteiger partial charge in [0, 0.05) is 18.8 Å². The van der Waals surface area contributed by atoms with Crippen LogP contribution in [0.15, 0.2) is 0 Å². The molecule has 102 valence electrons. The normalized spacial score (nSPS) is 27.8. The van der Waals surface area contributed by atoms with Gasteiger partial charge in [-0.25, -0.2) is 9.59 Å². The van der Waals surface area contributed by atoms with Crippen LogP contribution in [0.2, 0.25) is 0 Å². The third kappa shape index (κ3) is 2.58. The number of likely N-dealkylation sites (tertiary alicyclic amines) is 1. The molecule has 2 aliphatic rings. The Morgan fingerprint density at radius 3 is 2.56 bits per heavy atom. The third-order valence-corrected chi connectivity index (χ3v) is 4.87. The number of nitrogens with zero attached hydrogens (tertiary/aromatic N) is 2. The van der Waals surface area contributed by atoms with Gasteiger partial charge in [0.15, 0.2) is 0 Å². The largest absolute Gasteiger partial charge is 0.480 e. The van der Waals surface area contributed by atoms with E-state index in [1.807, 2.05) is 0 Å². The Morgan fingerprint density at radius 2 is 2.00 bits per heavy atom. The Balaban J connectivity index is 2.11. The second-order valence-corrected chi connectivity index (χ2v) is 6.03. The summed E-state index contributed by atoms with van der Waals surface area (Å²) in [7, 11) is 0. The van der Waals surface area contributed by atoms with E-state index < -0.39 is 12.0 Å². The maximum absolute atomic E-state index is 12.4. The number of rotatable bonds is 3. The topological polar surface area (TPSA) is 60.9 Å². The van der Waals surface area contributed by atoms with Gasteiger partial charge in [-0.1, -0.05) is 13.3 Å². The molecule has 0 aromatic rings. The summed E-state index contributed by atoms with van der Waals surface area (Å²) in [5.74, 6) is -0.367. The molecule has 2 rings (SSSR count). The Kier molecular flexibility index (Phi) is 4.37. The molecule has 5 nitrogen and oxygen atoms in total. The molecule has 0 aromatic carbocycles. The first-order valence-electron chi connectivity index (χ1n) is 6.56. The molecule has 18 heavy (non-hydrogen) atoms. The predicted octanol–water partition coefficient (Wildman–Crippen LogP) is 1.83. The highest BCUT2D eigenvalue weighted by atomic mass is 32.2. The summed E-state index contributed by atoms with van der Waals surface area (Å²) < 4.78 is 0. The van der Waals surface area contributed by atoms with Crippen LogP contribution in [0.5, 0.6) is 0 Å². The van der Waals surface area contributed by atoms with E-state index >= 15 is 0 Å². The summed E-state index contributed by atoms with van der Waals surface area (Å²) in [5.41, 5.74) is 0. The summed E-state index contributed by atoms with van der Waals surface area (Å²) >= 11 is 1.60. The highest BCUT2D eigenvalue weighted by molar-refractivity contribution is 8.00. The monoisotopic (exact) mass is 272 g/mol. The molecule has 2 fully saturated rings.